The summed E-state index contributed by atoms with van der Waals surface area (Å²) >= 11 is 0. The van der Waals surface area contributed by atoms with Gasteiger partial charge in [-0.1, -0.05) is 11.8 Å². The first-order valence-corrected chi connectivity index (χ1v) is 5.74. The van der Waals surface area contributed by atoms with E-state index in [4.69, 9.17) is 5.73 Å². The number of nitrogens with two attached hydrogens (primary N) is 1. The highest BCUT2D eigenvalue weighted by molar-refractivity contribution is 5.91. The highest BCUT2D eigenvalue weighted by Gasteiger charge is 2.27. The van der Waals surface area contributed by atoms with Crippen LogP contribution in [0.15, 0.2) is 18.2 Å². The number of anilines is 1. The maximum Gasteiger partial charge on any atom is 0.411 e. The van der Waals surface area contributed by atoms with Crippen molar-refractivity contribution in [3.05, 3.63) is 29.6 Å². The molecule has 21 heavy (non-hydrogen) atoms. The summed E-state index contributed by atoms with van der Waals surface area (Å²) in [5, 5.41) is 2.28. The molecule has 0 aliphatic carbocycles. The molecule has 0 spiro atoms. The molecule has 0 aromatic heterocycles. The Kier molecular flexibility index (Phi) is 6.14. The summed E-state index contributed by atoms with van der Waals surface area (Å²) in [5.74, 6) is 3.54. The largest absolute Gasteiger partial charge is 0.411 e. The topological polar surface area (TPSA) is 64.3 Å². The Bertz CT molecular complexity index is 562. The molecule has 1 amide bonds. The Morgan fingerprint density at radius 2 is 2.10 bits per heavy atom. The third kappa shape index (κ3) is 6.74. The molecule has 0 heterocycles. The van der Waals surface area contributed by atoms with Gasteiger partial charge < -0.3 is 15.8 Å². The highest BCUT2D eigenvalue weighted by Crippen LogP contribution is 2.15. The van der Waals surface area contributed by atoms with E-state index in [0.717, 1.165) is 6.07 Å². The van der Waals surface area contributed by atoms with Gasteiger partial charge in [0.15, 0.2) is 0 Å². The van der Waals surface area contributed by atoms with Crippen LogP contribution in [0, 0.1) is 17.7 Å². The van der Waals surface area contributed by atoms with Crippen molar-refractivity contribution < 1.29 is 27.1 Å². The monoisotopic (exact) mass is 304 g/mol. The predicted molar refractivity (Wildman–Crippen MR) is 67.8 cm³/mol. The van der Waals surface area contributed by atoms with Gasteiger partial charge in [-0.15, -0.1) is 0 Å². The van der Waals surface area contributed by atoms with Crippen LogP contribution in [-0.4, -0.2) is 31.8 Å². The summed E-state index contributed by atoms with van der Waals surface area (Å²) in [6.45, 7) is -2.24. The predicted octanol–water partition coefficient (Wildman–Crippen LogP) is 1.65. The minimum absolute atomic E-state index is 0.0226. The van der Waals surface area contributed by atoms with Crippen LogP contribution in [0.4, 0.5) is 23.2 Å². The summed E-state index contributed by atoms with van der Waals surface area (Å²) in [5.41, 5.74) is 5.38. The van der Waals surface area contributed by atoms with Gasteiger partial charge in [0.05, 0.1) is 12.1 Å². The van der Waals surface area contributed by atoms with Crippen LogP contribution in [0.5, 0.6) is 0 Å². The average molecular weight is 304 g/mol. The Hall–Kier alpha value is -2.11. The molecule has 3 N–H and O–H groups in total. The SMILES string of the molecule is NCC#Cc1cc(NC(=O)COCC(F)(F)F)ccc1F. The summed E-state index contributed by atoms with van der Waals surface area (Å²) in [6, 6.07) is 3.58. The van der Waals surface area contributed by atoms with Gasteiger partial charge in [0.2, 0.25) is 5.91 Å². The summed E-state index contributed by atoms with van der Waals surface area (Å²) in [4.78, 5) is 11.4. The lowest BCUT2D eigenvalue weighted by Crippen LogP contribution is -2.24. The van der Waals surface area contributed by atoms with Gasteiger partial charge in [-0.2, -0.15) is 13.2 Å². The summed E-state index contributed by atoms with van der Waals surface area (Å²) in [7, 11) is 0. The quantitative estimate of drug-likeness (QED) is 0.657. The van der Waals surface area contributed by atoms with Crippen LogP contribution >= 0.6 is 0 Å². The molecule has 4 nitrogen and oxygen atoms in total. The molecule has 8 heteroatoms. The molecule has 0 bridgehead atoms. The third-order valence-corrected chi connectivity index (χ3v) is 2.07. The number of hydrogen-bond donors (Lipinski definition) is 2. The fraction of sp³-hybridized carbons (Fsp3) is 0.308. The van der Waals surface area contributed by atoms with Crippen molar-refractivity contribution in [2.75, 3.05) is 25.1 Å². The summed E-state index contributed by atoms with van der Waals surface area (Å²) < 4.78 is 53.0. The van der Waals surface area contributed by atoms with Crippen molar-refractivity contribution in [3.8, 4) is 11.8 Å². The van der Waals surface area contributed by atoms with E-state index in [1.807, 2.05) is 0 Å². The number of halogens is 4. The lowest BCUT2D eigenvalue weighted by Gasteiger charge is -2.08. The second kappa shape index (κ2) is 7.61. The standard InChI is InChI=1S/C13H12F4N2O2/c14-11-4-3-10(6-9(11)2-1-5-18)19-12(20)7-21-8-13(15,16)17/h3-4,6H,5,7-8,18H2,(H,19,20). The van der Waals surface area contributed by atoms with E-state index >= 15 is 0 Å². The van der Waals surface area contributed by atoms with E-state index in [1.54, 1.807) is 0 Å². The van der Waals surface area contributed by atoms with Gasteiger partial charge in [0.25, 0.3) is 0 Å². The fourth-order valence-corrected chi connectivity index (χ4v) is 1.30. The zero-order chi connectivity index (χ0) is 15.9. The molecule has 0 saturated heterocycles. The van der Waals surface area contributed by atoms with Crippen molar-refractivity contribution >= 4 is 11.6 Å². The molecule has 0 saturated carbocycles. The van der Waals surface area contributed by atoms with Crippen molar-refractivity contribution in [1.29, 1.82) is 0 Å². The van der Waals surface area contributed by atoms with Crippen LogP contribution in [0.25, 0.3) is 0 Å². The minimum Gasteiger partial charge on any atom is -0.362 e. The van der Waals surface area contributed by atoms with Gasteiger partial charge in [-0.3, -0.25) is 4.79 Å². The molecule has 1 rings (SSSR count). The third-order valence-electron chi connectivity index (χ3n) is 2.07. The second-order valence-corrected chi connectivity index (χ2v) is 3.86. The van der Waals surface area contributed by atoms with Crippen LogP contribution in [0.1, 0.15) is 5.56 Å². The minimum atomic E-state index is -4.50. The Morgan fingerprint density at radius 3 is 2.71 bits per heavy atom. The molecule has 0 fully saturated rings. The number of rotatable bonds is 4. The highest BCUT2D eigenvalue weighted by atomic mass is 19.4. The van der Waals surface area contributed by atoms with Crippen LogP contribution in [0.2, 0.25) is 0 Å². The number of nitrogens with one attached hydrogen (secondary N) is 1. The smallest absolute Gasteiger partial charge is 0.362 e. The van der Waals surface area contributed by atoms with Gasteiger partial charge in [-0.25, -0.2) is 4.39 Å². The number of amides is 1. The number of benzene rings is 1. The lowest BCUT2D eigenvalue weighted by atomic mass is 10.2. The van der Waals surface area contributed by atoms with Crippen molar-refractivity contribution in [3.63, 3.8) is 0 Å². The average Bonchev–Trinajstić information content (AvgIpc) is 2.38. The molecule has 0 aliphatic heterocycles. The van der Waals surface area contributed by atoms with Crippen molar-refractivity contribution in [2.24, 2.45) is 5.73 Å². The number of carbonyl (C=O) groups is 1. The van der Waals surface area contributed by atoms with E-state index < -0.39 is 31.1 Å². The first kappa shape index (κ1) is 16.9. The van der Waals surface area contributed by atoms with E-state index in [2.05, 4.69) is 21.9 Å². The van der Waals surface area contributed by atoms with Crippen LogP contribution < -0.4 is 11.1 Å². The lowest BCUT2D eigenvalue weighted by molar-refractivity contribution is -0.174. The van der Waals surface area contributed by atoms with E-state index in [0.29, 0.717) is 0 Å². The van der Waals surface area contributed by atoms with E-state index in [-0.39, 0.29) is 17.8 Å². The first-order chi connectivity index (χ1) is 9.81. The van der Waals surface area contributed by atoms with Crippen LogP contribution in [-0.2, 0) is 9.53 Å². The first-order valence-electron chi connectivity index (χ1n) is 5.74. The normalized spacial score (nSPS) is 10.7. The van der Waals surface area contributed by atoms with Gasteiger partial charge in [-0.05, 0) is 18.2 Å². The molecule has 0 atom stereocenters. The van der Waals surface area contributed by atoms with Gasteiger partial charge >= 0.3 is 6.18 Å². The molecule has 114 valence electrons. The van der Waals surface area contributed by atoms with E-state index in [9.17, 15) is 22.4 Å². The maximum absolute atomic E-state index is 13.4. The Morgan fingerprint density at radius 1 is 1.38 bits per heavy atom. The number of ether oxygens (including phenoxy) is 1. The van der Waals surface area contributed by atoms with E-state index in [1.165, 1.54) is 12.1 Å². The van der Waals surface area contributed by atoms with Gasteiger partial charge in [0, 0.05) is 5.69 Å². The molecular formula is C13H12F4N2O2. The zero-order valence-corrected chi connectivity index (χ0v) is 10.8. The molecular weight excluding hydrogens is 292 g/mol. The Balaban J connectivity index is 2.60. The molecule has 0 unspecified atom stereocenters. The number of alkyl halides is 3. The maximum atomic E-state index is 13.4. The van der Waals surface area contributed by atoms with Crippen molar-refractivity contribution in [2.45, 2.75) is 6.18 Å². The Labute approximate surface area is 118 Å². The second-order valence-electron chi connectivity index (χ2n) is 3.86. The molecule has 0 aliphatic rings. The number of hydrogen-bond acceptors (Lipinski definition) is 3. The zero-order valence-electron chi connectivity index (χ0n) is 10.8. The fourth-order valence-electron chi connectivity index (χ4n) is 1.30. The molecule has 1 aromatic rings. The number of carbonyl (C=O) groups excluding carboxylic acids is 1. The molecule has 1 aromatic carbocycles. The molecule has 0 radical (unpaired) electrons. The van der Waals surface area contributed by atoms with Gasteiger partial charge in [0.1, 0.15) is 19.0 Å². The summed E-state index contributed by atoms with van der Waals surface area (Å²) in [6.07, 6.45) is -4.50. The van der Waals surface area contributed by atoms with Crippen LogP contribution in [0.3, 0.4) is 0 Å². The van der Waals surface area contributed by atoms with Crippen molar-refractivity contribution in [1.82, 2.24) is 0 Å².